The van der Waals surface area contributed by atoms with E-state index in [1.807, 2.05) is 24.9 Å². The third-order valence-electron chi connectivity index (χ3n) is 3.03. The Hall–Kier alpha value is -1.90. The summed E-state index contributed by atoms with van der Waals surface area (Å²) in [6.45, 7) is 2.51. The van der Waals surface area contributed by atoms with Crippen LogP contribution in [0.5, 0.6) is 0 Å². The minimum absolute atomic E-state index is 0.0270. The predicted octanol–water partition coefficient (Wildman–Crippen LogP) is 1.20. The fraction of sp³-hybridized carbons (Fsp3) is 0.429. The zero-order valence-corrected chi connectivity index (χ0v) is 11.3. The molecule has 0 radical (unpaired) electrons. The lowest BCUT2D eigenvalue weighted by Crippen LogP contribution is -2.34. The maximum absolute atomic E-state index is 11.8. The number of carbonyl (C=O) groups excluding carboxylic acids is 1. The van der Waals surface area contributed by atoms with Gasteiger partial charge in [-0.15, -0.1) is 0 Å². The van der Waals surface area contributed by atoms with Crippen molar-refractivity contribution in [2.75, 3.05) is 25.5 Å². The fourth-order valence-corrected chi connectivity index (χ4v) is 1.54. The molecule has 1 aromatic carbocycles. The second-order valence-corrected chi connectivity index (χ2v) is 4.47. The molecule has 1 unspecified atom stereocenters. The number of benzene rings is 1. The van der Waals surface area contributed by atoms with Gasteiger partial charge in [-0.2, -0.15) is 5.26 Å². The van der Waals surface area contributed by atoms with Crippen molar-refractivity contribution in [3.05, 3.63) is 29.8 Å². The Morgan fingerprint density at radius 3 is 2.84 bits per heavy atom. The molecule has 0 saturated carbocycles. The van der Waals surface area contributed by atoms with Crippen LogP contribution in [0.15, 0.2) is 24.3 Å². The average molecular weight is 261 g/mol. The van der Waals surface area contributed by atoms with Crippen LogP contribution in [0.3, 0.4) is 0 Å². The first-order valence-corrected chi connectivity index (χ1v) is 6.18. The topological polar surface area (TPSA) is 76.4 Å². The number of nitriles is 1. The van der Waals surface area contributed by atoms with Gasteiger partial charge in [0.15, 0.2) is 0 Å². The van der Waals surface area contributed by atoms with Crippen LogP contribution in [-0.2, 0) is 4.79 Å². The SMILES string of the molecule is CC(CO)N(C)CCC(=O)Nc1ccccc1C#N. The monoisotopic (exact) mass is 261 g/mol. The lowest BCUT2D eigenvalue weighted by Gasteiger charge is -2.22. The summed E-state index contributed by atoms with van der Waals surface area (Å²) in [4.78, 5) is 13.7. The van der Waals surface area contributed by atoms with Crippen LogP contribution >= 0.6 is 0 Å². The van der Waals surface area contributed by atoms with Crippen molar-refractivity contribution in [3.8, 4) is 6.07 Å². The number of para-hydroxylation sites is 1. The van der Waals surface area contributed by atoms with Gasteiger partial charge in [0.2, 0.25) is 5.91 Å². The highest BCUT2D eigenvalue weighted by atomic mass is 16.3. The molecule has 19 heavy (non-hydrogen) atoms. The summed E-state index contributed by atoms with van der Waals surface area (Å²) in [5, 5.41) is 20.6. The molecule has 0 saturated heterocycles. The molecule has 0 spiro atoms. The number of likely N-dealkylation sites (N-methyl/N-ethyl adjacent to an activating group) is 1. The zero-order valence-electron chi connectivity index (χ0n) is 11.3. The van der Waals surface area contributed by atoms with Crippen LogP contribution in [0, 0.1) is 11.3 Å². The fourth-order valence-electron chi connectivity index (χ4n) is 1.54. The summed E-state index contributed by atoms with van der Waals surface area (Å²) in [6.07, 6.45) is 0.320. The van der Waals surface area contributed by atoms with Gasteiger partial charge in [0.25, 0.3) is 0 Å². The van der Waals surface area contributed by atoms with E-state index in [4.69, 9.17) is 10.4 Å². The minimum Gasteiger partial charge on any atom is -0.395 e. The van der Waals surface area contributed by atoms with E-state index in [9.17, 15) is 4.79 Å². The van der Waals surface area contributed by atoms with Crippen LogP contribution in [-0.4, -0.2) is 42.2 Å². The number of nitrogens with zero attached hydrogens (tertiary/aromatic N) is 2. The van der Waals surface area contributed by atoms with Gasteiger partial charge in [0.1, 0.15) is 6.07 Å². The van der Waals surface area contributed by atoms with Gasteiger partial charge in [0, 0.05) is 19.0 Å². The molecule has 5 nitrogen and oxygen atoms in total. The average Bonchev–Trinajstić information content (AvgIpc) is 2.44. The van der Waals surface area contributed by atoms with Gasteiger partial charge in [0.05, 0.1) is 17.9 Å². The van der Waals surface area contributed by atoms with E-state index in [1.165, 1.54) is 0 Å². The highest BCUT2D eigenvalue weighted by Crippen LogP contribution is 2.13. The van der Waals surface area contributed by atoms with Crippen molar-refractivity contribution in [2.24, 2.45) is 0 Å². The minimum atomic E-state index is -0.139. The van der Waals surface area contributed by atoms with E-state index in [0.29, 0.717) is 24.2 Å². The molecule has 1 amide bonds. The Morgan fingerprint density at radius 2 is 2.21 bits per heavy atom. The predicted molar refractivity (Wildman–Crippen MR) is 73.6 cm³/mol. The first-order chi connectivity index (χ1) is 9.08. The van der Waals surface area contributed by atoms with Gasteiger partial charge in [-0.1, -0.05) is 12.1 Å². The number of aliphatic hydroxyl groups is 1. The zero-order chi connectivity index (χ0) is 14.3. The van der Waals surface area contributed by atoms with E-state index in [-0.39, 0.29) is 18.6 Å². The third-order valence-corrected chi connectivity index (χ3v) is 3.03. The van der Waals surface area contributed by atoms with Crippen LogP contribution in [0.4, 0.5) is 5.69 Å². The van der Waals surface area contributed by atoms with E-state index in [0.717, 1.165) is 0 Å². The van der Waals surface area contributed by atoms with Gasteiger partial charge >= 0.3 is 0 Å². The number of nitrogens with one attached hydrogen (secondary N) is 1. The van der Waals surface area contributed by atoms with Crippen molar-refractivity contribution < 1.29 is 9.90 Å². The molecule has 5 heteroatoms. The third kappa shape index (κ3) is 4.70. The molecule has 0 aliphatic carbocycles. The summed E-state index contributed by atoms with van der Waals surface area (Å²) < 4.78 is 0. The number of hydrogen-bond acceptors (Lipinski definition) is 4. The van der Waals surface area contributed by atoms with Crippen molar-refractivity contribution in [1.29, 1.82) is 5.26 Å². The summed E-state index contributed by atoms with van der Waals surface area (Å²) in [5.41, 5.74) is 0.987. The molecule has 1 atom stereocenters. The largest absolute Gasteiger partial charge is 0.395 e. The van der Waals surface area contributed by atoms with E-state index in [1.54, 1.807) is 24.3 Å². The van der Waals surface area contributed by atoms with Gasteiger partial charge in [-0.25, -0.2) is 0 Å². The quantitative estimate of drug-likeness (QED) is 0.806. The molecule has 2 N–H and O–H groups in total. The first-order valence-electron chi connectivity index (χ1n) is 6.18. The van der Waals surface area contributed by atoms with Crippen molar-refractivity contribution in [1.82, 2.24) is 4.90 Å². The van der Waals surface area contributed by atoms with E-state index >= 15 is 0 Å². The summed E-state index contributed by atoms with van der Waals surface area (Å²) >= 11 is 0. The van der Waals surface area contributed by atoms with E-state index in [2.05, 4.69) is 5.32 Å². The molecule has 1 rings (SSSR count). The maximum Gasteiger partial charge on any atom is 0.225 e. The van der Waals surface area contributed by atoms with Gasteiger partial charge < -0.3 is 15.3 Å². The number of aliphatic hydroxyl groups excluding tert-OH is 1. The molecule has 0 aromatic heterocycles. The van der Waals surface area contributed by atoms with Crippen LogP contribution < -0.4 is 5.32 Å². The molecule has 1 aromatic rings. The maximum atomic E-state index is 11.8. The second kappa shape index (κ2) is 7.52. The summed E-state index contributed by atoms with van der Waals surface area (Å²) in [6, 6.07) is 8.96. The van der Waals surface area contributed by atoms with Crippen molar-refractivity contribution in [2.45, 2.75) is 19.4 Å². The number of anilines is 1. The number of carbonyl (C=O) groups is 1. The Labute approximate surface area is 113 Å². The highest BCUT2D eigenvalue weighted by molar-refractivity contribution is 5.92. The lowest BCUT2D eigenvalue weighted by atomic mass is 10.2. The Bertz CT molecular complexity index is 468. The normalized spacial score (nSPS) is 11.9. The summed E-state index contributed by atoms with van der Waals surface area (Å²) in [5.74, 6) is -0.139. The molecule has 0 heterocycles. The lowest BCUT2D eigenvalue weighted by molar-refractivity contribution is -0.116. The molecular formula is C14H19N3O2. The van der Waals surface area contributed by atoms with Crippen LogP contribution in [0.1, 0.15) is 18.9 Å². The van der Waals surface area contributed by atoms with Gasteiger partial charge in [-0.3, -0.25) is 4.79 Å². The standard InChI is InChI=1S/C14H19N3O2/c1-11(10-18)17(2)8-7-14(19)16-13-6-4-3-5-12(13)9-15/h3-6,11,18H,7-8,10H2,1-2H3,(H,16,19). The van der Waals surface area contributed by atoms with Gasteiger partial charge in [-0.05, 0) is 26.1 Å². The van der Waals surface area contributed by atoms with Crippen LogP contribution in [0.2, 0.25) is 0 Å². The number of hydrogen-bond donors (Lipinski definition) is 2. The highest BCUT2D eigenvalue weighted by Gasteiger charge is 2.11. The van der Waals surface area contributed by atoms with E-state index < -0.39 is 0 Å². The Kier molecular flexibility index (Phi) is 6.00. The smallest absolute Gasteiger partial charge is 0.225 e. The number of amides is 1. The van der Waals surface area contributed by atoms with Crippen LogP contribution in [0.25, 0.3) is 0 Å². The molecule has 0 bridgehead atoms. The Balaban J connectivity index is 2.50. The number of rotatable bonds is 6. The summed E-state index contributed by atoms with van der Waals surface area (Å²) in [7, 11) is 1.86. The van der Waals surface area contributed by atoms with Crippen molar-refractivity contribution in [3.63, 3.8) is 0 Å². The van der Waals surface area contributed by atoms with Crippen molar-refractivity contribution >= 4 is 11.6 Å². The second-order valence-electron chi connectivity index (χ2n) is 4.47. The molecule has 0 aliphatic rings. The molecule has 0 aliphatic heterocycles. The first kappa shape index (κ1) is 15.2. The molecule has 0 fully saturated rings. The molecular weight excluding hydrogens is 242 g/mol. The molecule has 102 valence electrons. The Morgan fingerprint density at radius 1 is 1.53 bits per heavy atom.